The summed E-state index contributed by atoms with van der Waals surface area (Å²) >= 11 is 0. The van der Waals surface area contributed by atoms with Crippen LogP contribution >= 0.6 is 0 Å². The average molecular weight is 343 g/mol. The molecule has 0 aliphatic rings. The quantitative estimate of drug-likeness (QED) is 0.593. The highest BCUT2D eigenvalue weighted by Gasteiger charge is 2.06. The second-order valence-electron chi connectivity index (χ2n) is 5.85. The molecule has 2 aromatic carbocycles. The maximum Gasteiger partial charge on any atom is 0.319 e. The van der Waals surface area contributed by atoms with Crippen molar-refractivity contribution in [1.29, 1.82) is 0 Å². The number of urea groups is 1. The van der Waals surface area contributed by atoms with Crippen molar-refractivity contribution >= 4 is 22.6 Å². The Morgan fingerprint density at radius 2 is 1.81 bits per heavy atom. The van der Waals surface area contributed by atoms with E-state index < -0.39 is 0 Å². The number of pyridine rings is 1. The Balaban J connectivity index is 1.46. The molecule has 0 aliphatic carbocycles. The van der Waals surface area contributed by atoms with E-state index in [9.17, 15) is 4.79 Å². The molecule has 4 aromatic rings. The third-order valence-corrected chi connectivity index (χ3v) is 3.99. The third kappa shape index (κ3) is 3.54. The topological polar surface area (TPSA) is 71.8 Å². The third-order valence-electron chi connectivity index (χ3n) is 3.99. The lowest BCUT2D eigenvalue weighted by Crippen LogP contribution is -2.28. The van der Waals surface area contributed by atoms with E-state index in [-0.39, 0.29) is 6.03 Å². The normalized spacial score (nSPS) is 10.6. The molecule has 0 bridgehead atoms. The second kappa shape index (κ2) is 7.06. The second-order valence-corrected chi connectivity index (χ2v) is 5.85. The summed E-state index contributed by atoms with van der Waals surface area (Å²) in [4.78, 5) is 16.0. The van der Waals surface area contributed by atoms with Crippen LogP contribution in [0.25, 0.3) is 16.6 Å². The molecule has 0 radical (unpaired) electrons. The summed E-state index contributed by atoms with van der Waals surface area (Å²) in [5, 5.41) is 11.3. The van der Waals surface area contributed by atoms with Gasteiger partial charge in [0.2, 0.25) is 0 Å². The number of carbonyl (C=O) groups excluding carboxylic acids is 1. The van der Waals surface area contributed by atoms with E-state index in [4.69, 9.17) is 0 Å². The summed E-state index contributed by atoms with van der Waals surface area (Å²) in [6.07, 6.45) is 5.37. The standard InChI is InChI=1S/C20H17N5O/c26-20(22-13-15-8-10-21-11-9-15)23-17-7-6-16-14-25(24-19(16)12-17)18-4-2-1-3-5-18/h1-12,14H,13H2,(H2,22,23,26). The molecule has 0 unspecified atom stereocenters. The minimum Gasteiger partial charge on any atom is -0.334 e. The lowest BCUT2D eigenvalue weighted by Gasteiger charge is -2.07. The Morgan fingerprint density at radius 1 is 1.00 bits per heavy atom. The molecule has 0 aliphatic heterocycles. The van der Waals surface area contributed by atoms with Gasteiger partial charge in [-0.05, 0) is 48.0 Å². The summed E-state index contributed by atoms with van der Waals surface area (Å²) < 4.78 is 1.83. The van der Waals surface area contributed by atoms with Crippen molar-refractivity contribution in [2.24, 2.45) is 0 Å². The van der Waals surface area contributed by atoms with Gasteiger partial charge in [-0.25, -0.2) is 9.48 Å². The van der Waals surface area contributed by atoms with E-state index in [2.05, 4.69) is 20.7 Å². The molecule has 2 amide bonds. The van der Waals surface area contributed by atoms with Gasteiger partial charge in [0.15, 0.2) is 0 Å². The highest BCUT2D eigenvalue weighted by atomic mass is 16.2. The van der Waals surface area contributed by atoms with Gasteiger partial charge in [-0.15, -0.1) is 0 Å². The van der Waals surface area contributed by atoms with Gasteiger partial charge in [0.1, 0.15) is 0 Å². The van der Waals surface area contributed by atoms with Gasteiger partial charge in [-0.1, -0.05) is 18.2 Å². The van der Waals surface area contributed by atoms with Crippen molar-refractivity contribution in [3.8, 4) is 5.69 Å². The first kappa shape index (κ1) is 15.8. The lowest BCUT2D eigenvalue weighted by atomic mass is 10.2. The summed E-state index contributed by atoms with van der Waals surface area (Å²) in [7, 11) is 0. The number of anilines is 1. The average Bonchev–Trinajstić information content (AvgIpc) is 3.11. The molecule has 6 heteroatoms. The van der Waals surface area contributed by atoms with Crippen molar-refractivity contribution < 1.29 is 4.79 Å². The number of nitrogens with one attached hydrogen (secondary N) is 2. The lowest BCUT2D eigenvalue weighted by molar-refractivity contribution is 0.251. The van der Waals surface area contributed by atoms with Crippen LogP contribution in [0.2, 0.25) is 0 Å². The minimum atomic E-state index is -0.261. The molecule has 2 aromatic heterocycles. The van der Waals surface area contributed by atoms with Gasteiger partial charge in [-0.3, -0.25) is 4.98 Å². The number of aromatic nitrogens is 3. The van der Waals surface area contributed by atoms with Crippen LogP contribution in [0.15, 0.2) is 79.3 Å². The first-order valence-corrected chi connectivity index (χ1v) is 8.26. The van der Waals surface area contributed by atoms with Gasteiger partial charge < -0.3 is 10.6 Å². The van der Waals surface area contributed by atoms with Gasteiger partial charge >= 0.3 is 6.03 Å². The smallest absolute Gasteiger partial charge is 0.319 e. The maximum absolute atomic E-state index is 12.1. The van der Waals surface area contributed by atoms with Crippen LogP contribution in [0.5, 0.6) is 0 Å². The van der Waals surface area contributed by atoms with Crippen molar-refractivity contribution in [3.63, 3.8) is 0 Å². The summed E-state index contributed by atoms with van der Waals surface area (Å²) in [6, 6.07) is 19.1. The van der Waals surface area contributed by atoms with Crippen LogP contribution in [0.4, 0.5) is 10.5 Å². The Bertz CT molecular complexity index is 1030. The number of nitrogens with zero attached hydrogens (tertiary/aromatic N) is 3. The summed E-state index contributed by atoms with van der Waals surface area (Å²) in [5.41, 5.74) is 3.50. The van der Waals surface area contributed by atoms with Gasteiger partial charge in [0.05, 0.1) is 11.2 Å². The van der Waals surface area contributed by atoms with Crippen LogP contribution in [-0.2, 0) is 6.54 Å². The van der Waals surface area contributed by atoms with Crippen molar-refractivity contribution in [3.05, 3.63) is 84.8 Å². The fourth-order valence-electron chi connectivity index (χ4n) is 2.67. The van der Waals surface area contributed by atoms with E-state index in [0.717, 1.165) is 22.2 Å². The number of carbonyl (C=O) groups is 1. The highest BCUT2D eigenvalue weighted by Crippen LogP contribution is 2.19. The molecule has 0 fully saturated rings. The van der Waals surface area contributed by atoms with Gasteiger partial charge in [0, 0.05) is 36.2 Å². The molecule has 26 heavy (non-hydrogen) atoms. The van der Waals surface area contributed by atoms with Gasteiger partial charge in [-0.2, -0.15) is 5.10 Å². The van der Waals surface area contributed by atoms with E-state index in [1.165, 1.54) is 0 Å². The Kier molecular flexibility index (Phi) is 4.30. The molecule has 2 heterocycles. The molecular formula is C20H17N5O. The molecule has 6 nitrogen and oxygen atoms in total. The first-order chi connectivity index (χ1) is 12.8. The fourth-order valence-corrected chi connectivity index (χ4v) is 2.67. The highest BCUT2D eigenvalue weighted by molar-refractivity contribution is 5.92. The summed E-state index contributed by atoms with van der Waals surface area (Å²) in [5.74, 6) is 0. The molecule has 4 rings (SSSR count). The number of fused-ring (bicyclic) bond motifs is 1. The number of hydrogen-bond acceptors (Lipinski definition) is 3. The zero-order valence-electron chi connectivity index (χ0n) is 14.0. The largest absolute Gasteiger partial charge is 0.334 e. The van der Waals surface area contributed by atoms with Crippen molar-refractivity contribution in [1.82, 2.24) is 20.1 Å². The molecule has 0 spiro atoms. The molecule has 0 atom stereocenters. The van der Waals surface area contributed by atoms with E-state index in [1.807, 2.05) is 71.5 Å². The fraction of sp³-hybridized carbons (Fsp3) is 0.0500. The number of para-hydroxylation sites is 1. The monoisotopic (exact) mass is 343 g/mol. The zero-order chi connectivity index (χ0) is 17.8. The number of hydrogen-bond donors (Lipinski definition) is 2. The van der Waals surface area contributed by atoms with Crippen LogP contribution < -0.4 is 10.6 Å². The van der Waals surface area contributed by atoms with Crippen molar-refractivity contribution in [2.45, 2.75) is 6.54 Å². The Hall–Kier alpha value is -3.67. The van der Waals surface area contributed by atoms with E-state index in [1.54, 1.807) is 12.4 Å². The van der Waals surface area contributed by atoms with E-state index >= 15 is 0 Å². The zero-order valence-corrected chi connectivity index (χ0v) is 14.0. The SMILES string of the molecule is O=C(NCc1ccncc1)Nc1ccc2cn(-c3ccccc3)nc2c1. The van der Waals surface area contributed by atoms with Crippen LogP contribution in [0.1, 0.15) is 5.56 Å². The molecule has 0 saturated heterocycles. The van der Waals surface area contributed by atoms with E-state index in [0.29, 0.717) is 12.2 Å². The first-order valence-electron chi connectivity index (χ1n) is 8.26. The predicted octanol–water partition coefficient (Wildman–Crippen LogP) is 3.74. The predicted molar refractivity (Wildman–Crippen MR) is 101 cm³/mol. The van der Waals surface area contributed by atoms with Crippen molar-refractivity contribution in [2.75, 3.05) is 5.32 Å². The van der Waals surface area contributed by atoms with Crippen LogP contribution in [0, 0.1) is 0 Å². The molecule has 2 N–H and O–H groups in total. The summed E-state index contributed by atoms with van der Waals surface area (Å²) in [6.45, 7) is 0.444. The van der Waals surface area contributed by atoms with Gasteiger partial charge in [0.25, 0.3) is 0 Å². The number of benzene rings is 2. The Labute approximate surface area is 150 Å². The van der Waals surface area contributed by atoms with Crippen LogP contribution in [0.3, 0.4) is 0 Å². The molecular weight excluding hydrogens is 326 g/mol. The molecule has 0 saturated carbocycles. The number of rotatable bonds is 4. The Morgan fingerprint density at radius 3 is 2.62 bits per heavy atom. The maximum atomic E-state index is 12.1. The number of amides is 2. The minimum absolute atomic E-state index is 0.261. The van der Waals surface area contributed by atoms with Crippen LogP contribution in [-0.4, -0.2) is 20.8 Å². The molecule has 128 valence electrons.